The molecule has 1 aromatic rings. The van der Waals surface area contributed by atoms with E-state index in [1.165, 1.54) is 6.07 Å². The lowest BCUT2D eigenvalue weighted by molar-refractivity contribution is -0.417. The standard InChI is InChI=1S/C11H9ClIN3O3/c12-7-5-6(14)1-2-8(7)19-9-3-4-13-11(15)10(9)16(17)18/h1-5H,14-15H2. The van der Waals surface area contributed by atoms with Gasteiger partial charge in [-0.05, 0) is 28.4 Å². The zero-order valence-corrected chi connectivity index (χ0v) is 12.4. The zero-order chi connectivity index (χ0) is 14.0. The molecule has 0 radical (unpaired) electrons. The maximum Gasteiger partial charge on any atom is 0.334 e. The number of rotatable bonds is 3. The normalized spacial score (nSPS) is 14.7. The molecule has 0 bridgehead atoms. The van der Waals surface area contributed by atoms with Crippen molar-refractivity contribution in [2.75, 3.05) is 5.73 Å². The highest BCUT2D eigenvalue weighted by atomic mass is 127. The summed E-state index contributed by atoms with van der Waals surface area (Å²) in [6, 6.07) is 4.66. The van der Waals surface area contributed by atoms with E-state index in [1.54, 1.807) is 22.3 Å². The zero-order valence-electron chi connectivity index (χ0n) is 9.47. The summed E-state index contributed by atoms with van der Waals surface area (Å²) in [5.74, 6) is 0.378. The van der Waals surface area contributed by atoms with E-state index in [0.29, 0.717) is 11.4 Å². The van der Waals surface area contributed by atoms with Crippen LogP contribution in [0.1, 0.15) is 0 Å². The van der Waals surface area contributed by atoms with Gasteiger partial charge in [-0.25, -0.2) is 0 Å². The molecule has 1 aromatic carbocycles. The van der Waals surface area contributed by atoms with E-state index in [0.717, 1.165) is 0 Å². The summed E-state index contributed by atoms with van der Waals surface area (Å²) in [4.78, 5) is 10.5. The molecule has 0 fully saturated rings. The van der Waals surface area contributed by atoms with E-state index in [2.05, 4.69) is 0 Å². The first-order valence-electron chi connectivity index (χ1n) is 5.03. The first-order valence-corrected chi connectivity index (χ1v) is 7.73. The Hall–Kier alpha value is -1.45. The number of ether oxygens (including phenoxy) is 1. The van der Waals surface area contributed by atoms with E-state index < -0.39 is 25.7 Å². The number of halogens is 2. The molecule has 4 N–H and O–H groups in total. The molecule has 1 aliphatic heterocycles. The predicted octanol–water partition coefficient (Wildman–Crippen LogP) is 2.38. The first kappa shape index (κ1) is 14.0. The predicted molar refractivity (Wildman–Crippen MR) is 82.9 cm³/mol. The molecule has 6 nitrogen and oxygen atoms in total. The molecule has 100 valence electrons. The van der Waals surface area contributed by atoms with Crippen LogP contribution in [0.2, 0.25) is 5.02 Å². The lowest BCUT2D eigenvalue weighted by Crippen LogP contribution is -2.22. The number of benzene rings is 1. The second kappa shape index (κ2) is 5.68. The summed E-state index contributed by atoms with van der Waals surface area (Å²) in [6.45, 7) is 0. The van der Waals surface area contributed by atoms with Crippen LogP contribution < -0.4 is 16.2 Å². The average molecular weight is 394 g/mol. The third kappa shape index (κ3) is 3.11. The Morgan fingerprint density at radius 3 is 2.74 bits per heavy atom. The molecule has 0 atom stereocenters. The van der Waals surface area contributed by atoms with Crippen molar-refractivity contribution in [2.45, 2.75) is 0 Å². The van der Waals surface area contributed by atoms with Gasteiger partial charge in [-0.1, -0.05) is 32.3 Å². The fraction of sp³-hybridized carbons (Fsp3) is 0. The Balaban J connectivity index is 2.41. The maximum absolute atomic E-state index is 11.0. The van der Waals surface area contributed by atoms with Crippen molar-refractivity contribution < 1.29 is 9.66 Å². The van der Waals surface area contributed by atoms with Gasteiger partial charge in [0.2, 0.25) is 5.76 Å². The molecule has 0 spiro atoms. The van der Waals surface area contributed by atoms with Crippen LogP contribution in [0.5, 0.6) is 5.75 Å². The van der Waals surface area contributed by atoms with Crippen molar-refractivity contribution in [1.82, 2.24) is 0 Å². The number of anilines is 1. The number of nitrogens with zero attached hydrogens (tertiary/aromatic N) is 1. The van der Waals surface area contributed by atoms with E-state index >= 15 is 0 Å². The molecule has 1 aliphatic rings. The Morgan fingerprint density at radius 1 is 1.37 bits per heavy atom. The molecule has 2 rings (SSSR count). The quantitative estimate of drug-likeness (QED) is 0.355. The van der Waals surface area contributed by atoms with Gasteiger partial charge in [0.15, 0.2) is 0 Å². The molecule has 0 saturated heterocycles. The first-order chi connectivity index (χ1) is 8.99. The van der Waals surface area contributed by atoms with Crippen molar-refractivity contribution in [3.05, 3.63) is 55.0 Å². The minimum Gasteiger partial charge on any atom is -0.448 e. The van der Waals surface area contributed by atoms with Gasteiger partial charge in [0.1, 0.15) is 9.38 Å². The second-order valence-electron chi connectivity index (χ2n) is 3.51. The number of nitro groups is 1. The van der Waals surface area contributed by atoms with Crippen molar-refractivity contribution in [3.8, 4) is 5.75 Å². The summed E-state index contributed by atoms with van der Waals surface area (Å²) in [6.07, 6.45) is 1.55. The van der Waals surface area contributed by atoms with Crippen molar-refractivity contribution in [1.29, 1.82) is 0 Å². The molecular weight excluding hydrogens is 384 g/mol. The van der Waals surface area contributed by atoms with Gasteiger partial charge in [0.05, 0.1) is 9.95 Å². The minimum absolute atomic E-state index is 0.0834. The van der Waals surface area contributed by atoms with Crippen LogP contribution in [0, 0.1) is 10.1 Å². The largest absolute Gasteiger partial charge is 0.448 e. The second-order valence-corrected chi connectivity index (χ2v) is 6.42. The molecule has 0 amide bonds. The van der Waals surface area contributed by atoms with Crippen molar-refractivity contribution in [3.63, 3.8) is 0 Å². The molecular formula is C11H9ClIN3O3. The van der Waals surface area contributed by atoms with E-state index in [4.69, 9.17) is 27.8 Å². The monoisotopic (exact) mass is 393 g/mol. The minimum atomic E-state index is -0.657. The van der Waals surface area contributed by atoms with E-state index in [1.807, 2.05) is 0 Å². The number of hydrogen-bond donors (Lipinski definition) is 2. The highest BCUT2D eigenvalue weighted by Crippen LogP contribution is 2.30. The van der Waals surface area contributed by atoms with Gasteiger partial charge < -0.3 is 10.5 Å². The maximum atomic E-state index is 11.0. The van der Waals surface area contributed by atoms with Crippen LogP contribution in [0.25, 0.3) is 0 Å². The van der Waals surface area contributed by atoms with Crippen LogP contribution >= 0.6 is 32.3 Å². The average Bonchev–Trinajstić information content (AvgIpc) is 2.32. The summed E-state index contributed by atoms with van der Waals surface area (Å²) in [5.41, 5.74) is 11.5. The molecule has 19 heavy (non-hydrogen) atoms. The fourth-order valence-corrected chi connectivity index (χ4v) is 3.26. The van der Waals surface area contributed by atoms with Gasteiger partial charge in [0, 0.05) is 5.69 Å². The Labute approximate surface area is 123 Å². The van der Waals surface area contributed by atoms with E-state index in [-0.39, 0.29) is 20.1 Å². The third-order valence-electron chi connectivity index (χ3n) is 2.21. The number of hydrogen-bond acceptors (Lipinski definition) is 5. The number of nitrogen functional groups attached to an aromatic ring is 1. The van der Waals surface area contributed by atoms with Crippen molar-refractivity contribution >= 4 is 41.7 Å². The lowest BCUT2D eigenvalue weighted by atomic mass is 10.3. The van der Waals surface area contributed by atoms with Crippen LogP contribution in [0.15, 0.2) is 39.8 Å². The molecule has 0 aromatic heterocycles. The van der Waals surface area contributed by atoms with Crippen LogP contribution in [0.4, 0.5) is 5.69 Å². The molecule has 0 aliphatic carbocycles. The van der Waals surface area contributed by atoms with Gasteiger partial charge in [-0.15, -0.1) is 0 Å². The van der Waals surface area contributed by atoms with Crippen LogP contribution in [-0.4, -0.2) is 8.56 Å². The van der Waals surface area contributed by atoms with Crippen LogP contribution in [-0.2, 0) is 0 Å². The van der Waals surface area contributed by atoms with Crippen LogP contribution in [0.3, 0.4) is 0 Å². The van der Waals surface area contributed by atoms with Crippen molar-refractivity contribution in [2.24, 2.45) is 5.73 Å². The molecule has 0 saturated carbocycles. The topological polar surface area (TPSA) is 104 Å². The van der Waals surface area contributed by atoms with Gasteiger partial charge in [-0.2, -0.15) is 0 Å². The number of nitrogens with two attached hydrogens (primary N) is 2. The Morgan fingerprint density at radius 2 is 2.11 bits per heavy atom. The highest BCUT2D eigenvalue weighted by Gasteiger charge is 2.25. The van der Waals surface area contributed by atoms with Gasteiger partial charge >= 0.3 is 5.70 Å². The Kier molecular flexibility index (Phi) is 4.17. The molecule has 8 heteroatoms. The third-order valence-corrected chi connectivity index (χ3v) is 4.41. The van der Waals surface area contributed by atoms with E-state index in [9.17, 15) is 10.1 Å². The summed E-state index contributed by atoms with van der Waals surface area (Å²) in [7, 11) is 0. The van der Waals surface area contributed by atoms with Gasteiger partial charge in [0.25, 0.3) is 0 Å². The SMILES string of the molecule is NC1=IC=CC(Oc2ccc(N)cc2Cl)=C1[N+](=O)[O-]. The van der Waals surface area contributed by atoms with Gasteiger partial charge in [-0.3, -0.25) is 15.8 Å². The molecule has 0 unspecified atom stereocenters. The summed E-state index contributed by atoms with van der Waals surface area (Å²) >= 11 is 5.30. The number of allylic oxidation sites excluding steroid dienone is 1. The molecule has 1 heterocycles. The smallest absolute Gasteiger partial charge is 0.334 e. The summed E-state index contributed by atoms with van der Waals surface area (Å²) < 4.78 is 7.52. The lowest BCUT2D eigenvalue weighted by Gasteiger charge is -2.11. The fourth-order valence-electron chi connectivity index (χ4n) is 1.38. The summed E-state index contributed by atoms with van der Waals surface area (Å²) in [5, 5.41) is 11.3. The Bertz CT molecular complexity index is 640. The highest BCUT2D eigenvalue weighted by molar-refractivity contribution is 14.2.